The smallest absolute Gasteiger partial charge is 0.246 e. The monoisotopic (exact) mass is 404 g/mol. The van der Waals surface area contributed by atoms with Crippen LogP contribution < -0.4 is 5.32 Å². The number of likely N-dealkylation sites (N-methyl/N-ethyl adjacent to an activating group) is 1. The van der Waals surface area contributed by atoms with Gasteiger partial charge in [0.1, 0.15) is 0 Å². The maximum atomic E-state index is 12.4. The first-order valence-electron chi connectivity index (χ1n) is 9.38. The van der Waals surface area contributed by atoms with Gasteiger partial charge in [-0.2, -0.15) is 0 Å². The largest absolute Gasteiger partial charge is 0.333 e. The molecule has 2 aromatic carbocycles. The van der Waals surface area contributed by atoms with Crippen LogP contribution in [0, 0.1) is 13.8 Å². The number of benzene rings is 2. The van der Waals surface area contributed by atoms with Crippen molar-refractivity contribution in [3.8, 4) is 10.4 Å². The lowest BCUT2D eigenvalue weighted by molar-refractivity contribution is -0.129. The third-order valence-corrected chi connectivity index (χ3v) is 5.81. The minimum Gasteiger partial charge on any atom is -0.333 e. The fourth-order valence-electron chi connectivity index (χ4n) is 2.85. The van der Waals surface area contributed by atoms with E-state index in [0.29, 0.717) is 0 Å². The number of carbonyl (C=O) groups excluding carboxylic acids is 2. The summed E-state index contributed by atoms with van der Waals surface area (Å²) in [6.45, 7) is 3.96. The van der Waals surface area contributed by atoms with Gasteiger partial charge in [0.2, 0.25) is 11.8 Å². The molecule has 2 amide bonds. The lowest BCUT2D eigenvalue weighted by atomic mass is 10.1. The van der Waals surface area contributed by atoms with E-state index in [9.17, 15) is 9.59 Å². The Morgan fingerprint density at radius 2 is 1.76 bits per heavy atom. The molecule has 0 unspecified atom stereocenters. The Morgan fingerprint density at radius 3 is 2.52 bits per heavy atom. The number of nitrogens with one attached hydrogen (secondary N) is 1. The van der Waals surface area contributed by atoms with Gasteiger partial charge in [0.25, 0.3) is 0 Å². The lowest BCUT2D eigenvalue weighted by Crippen LogP contribution is -2.34. The molecular formula is C24H24N2O2S. The van der Waals surface area contributed by atoms with E-state index >= 15 is 0 Å². The first-order chi connectivity index (χ1) is 13.9. The average molecular weight is 405 g/mol. The van der Waals surface area contributed by atoms with Crippen molar-refractivity contribution in [1.29, 1.82) is 0 Å². The molecule has 1 aromatic heterocycles. The van der Waals surface area contributed by atoms with Crippen LogP contribution in [0.1, 0.15) is 16.0 Å². The number of amides is 2. The van der Waals surface area contributed by atoms with Gasteiger partial charge in [-0.1, -0.05) is 42.5 Å². The first kappa shape index (κ1) is 20.6. The molecule has 4 nitrogen and oxygen atoms in total. The Kier molecular flexibility index (Phi) is 6.62. The van der Waals surface area contributed by atoms with Gasteiger partial charge in [-0.25, -0.2) is 0 Å². The predicted octanol–water partition coefficient (Wildman–Crippen LogP) is 5.14. The maximum absolute atomic E-state index is 12.4. The second kappa shape index (κ2) is 9.34. The fourth-order valence-corrected chi connectivity index (χ4v) is 3.77. The van der Waals surface area contributed by atoms with Crippen molar-refractivity contribution in [3.63, 3.8) is 0 Å². The van der Waals surface area contributed by atoms with Gasteiger partial charge in [-0.05, 0) is 54.8 Å². The van der Waals surface area contributed by atoms with Crippen LogP contribution in [0.4, 0.5) is 5.69 Å². The second-order valence-electron chi connectivity index (χ2n) is 6.89. The summed E-state index contributed by atoms with van der Waals surface area (Å²) in [5.41, 5.74) is 4.07. The van der Waals surface area contributed by atoms with E-state index in [4.69, 9.17) is 0 Å². The summed E-state index contributed by atoms with van der Waals surface area (Å²) in [7, 11) is 1.62. The Morgan fingerprint density at radius 1 is 1.00 bits per heavy atom. The summed E-state index contributed by atoms with van der Waals surface area (Å²) in [6, 6.07) is 19.9. The summed E-state index contributed by atoms with van der Waals surface area (Å²) < 4.78 is 0. The van der Waals surface area contributed by atoms with Gasteiger partial charge >= 0.3 is 0 Å². The minimum absolute atomic E-state index is 0.00371. The molecule has 1 N–H and O–H groups in total. The van der Waals surface area contributed by atoms with E-state index in [1.807, 2.05) is 62.4 Å². The Balaban J connectivity index is 1.57. The van der Waals surface area contributed by atoms with Gasteiger partial charge in [-0.3, -0.25) is 9.59 Å². The highest BCUT2D eigenvalue weighted by molar-refractivity contribution is 7.16. The number of carbonyl (C=O) groups is 2. The third-order valence-electron chi connectivity index (χ3n) is 4.71. The molecule has 5 heteroatoms. The fraction of sp³-hybridized carbons (Fsp3) is 0.167. The van der Waals surface area contributed by atoms with Gasteiger partial charge in [0.05, 0.1) is 6.54 Å². The topological polar surface area (TPSA) is 49.4 Å². The molecule has 0 radical (unpaired) electrons. The molecule has 0 spiro atoms. The second-order valence-corrected chi connectivity index (χ2v) is 8.01. The predicted molar refractivity (Wildman–Crippen MR) is 121 cm³/mol. The molecule has 148 valence electrons. The summed E-state index contributed by atoms with van der Waals surface area (Å²) in [5.74, 6) is -0.429. The zero-order chi connectivity index (χ0) is 20.8. The van der Waals surface area contributed by atoms with Crippen LogP contribution in [0.2, 0.25) is 0 Å². The molecule has 0 fully saturated rings. The SMILES string of the molecule is Cc1cccc(NC(=O)CN(C)C(=O)/C=C/c2ccc(-c3ccccc3)s2)c1C. The normalized spacial score (nSPS) is 10.9. The summed E-state index contributed by atoms with van der Waals surface area (Å²) in [4.78, 5) is 28.2. The van der Waals surface area contributed by atoms with Crippen molar-refractivity contribution < 1.29 is 9.59 Å². The van der Waals surface area contributed by atoms with Crippen LogP contribution in [-0.2, 0) is 9.59 Å². The molecule has 29 heavy (non-hydrogen) atoms. The minimum atomic E-state index is -0.217. The van der Waals surface area contributed by atoms with Crippen LogP contribution >= 0.6 is 11.3 Å². The molecule has 0 saturated carbocycles. The first-order valence-corrected chi connectivity index (χ1v) is 10.2. The highest BCUT2D eigenvalue weighted by atomic mass is 32.1. The lowest BCUT2D eigenvalue weighted by Gasteiger charge is -2.16. The third kappa shape index (κ3) is 5.42. The van der Waals surface area contributed by atoms with Crippen LogP contribution in [-0.4, -0.2) is 30.3 Å². The van der Waals surface area contributed by atoms with E-state index in [2.05, 4.69) is 17.4 Å². The number of hydrogen-bond donors (Lipinski definition) is 1. The van der Waals surface area contributed by atoms with E-state index < -0.39 is 0 Å². The van der Waals surface area contributed by atoms with E-state index in [-0.39, 0.29) is 18.4 Å². The summed E-state index contributed by atoms with van der Waals surface area (Å²) in [5, 5.41) is 2.88. The maximum Gasteiger partial charge on any atom is 0.246 e. The molecule has 3 rings (SSSR count). The van der Waals surface area contributed by atoms with Crippen LogP contribution in [0.5, 0.6) is 0 Å². The number of nitrogens with zero attached hydrogens (tertiary/aromatic N) is 1. The van der Waals surface area contributed by atoms with Crippen molar-refractivity contribution in [1.82, 2.24) is 4.90 Å². The molecule has 0 atom stereocenters. The number of anilines is 1. The van der Waals surface area contributed by atoms with E-state index in [1.54, 1.807) is 24.5 Å². The summed E-state index contributed by atoms with van der Waals surface area (Å²) in [6.07, 6.45) is 3.30. The highest BCUT2D eigenvalue weighted by Gasteiger charge is 2.12. The van der Waals surface area contributed by atoms with Crippen LogP contribution in [0.15, 0.2) is 66.7 Å². The Hall–Kier alpha value is -3.18. The average Bonchev–Trinajstić information content (AvgIpc) is 3.19. The molecule has 0 saturated heterocycles. The van der Waals surface area contributed by atoms with Gasteiger partial charge in [0.15, 0.2) is 0 Å². The van der Waals surface area contributed by atoms with Crippen molar-refractivity contribution >= 4 is 34.9 Å². The van der Waals surface area contributed by atoms with Gasteiger partial charge in [-0.15, -0.1) is 11.3 Å². The number of aryl methyl sites for hydroxylation is 1. The van der Waals surface area contributed by atoms with Gasteiger partial charge < -0.3 is 10.2 Å². The molecule has 0 aliphatic heterocycles. The standard InChI is InChI=1S/C24H24N2O2S/c1-17-8-7-11-21(18(17)2)25-23(27)16-26(3)24(28)15-13-20-12-14-22(29-20)19-9-5-4-6-10-19/h4-15H,16H2,1-3H3,(H,25,27)/b15-13+. The zero-order valence-electron chi connectivity index (χ0n) is 16.8. The van der Waals surface area contributed by atoms with Crippen LogP contribution in [0.25, 0.3) is 16.5 Å². The molecular weight excluding hydrogens is 380 g/mol. The van der Waals surface area contributed by atoms with E-state index in [0.717, 1.165) is 32.1 Å². The molecule has 3 aromatic rings. The Bertz CT molecular complexity index is 1040. The Labute approximate surface area is 175 Å². The molecule has 0 bridgehead atoms. The zero-order valence-corrected chi connectivity index (χ0v) is 17.6. The number of hydrogen-bond acceptors (Lipinski definition) is 3. The van der Waals surface area contributed by atoms with Crippen molar-refractivity contribution in [3.05, 3.63) is 82.7 Å². The van der Waals surface area contributed by atoms with Gasteiger partial charge in [0, 0.05) is 28.6 Å². The molecule has 1 heterocycles. The van der Waals surface area contributed by atoms with E-state index in [1.165, 1.54) is 11.0 Å². The van der Waals surface area contributed by atoms with Crippen LogP contribution in [0.3, 0.4) is 0 Å². The quantitative estimate of drug-likeness (QED) is 0.578. The van der Waals surface area contributed by atoms with Crippen molar-refractivity contribution in [2.45, 2.75) is 13.8 Å². The highest BCUT2D eigenvalue weighted by Crippen LogP contribution is 2.28. The van der Waals surface area contributed by atoms with Crippen molar-refractivity contribution in [2.24, 2.45) is 0 Å². The van der Waals surface area contributed by atoms with Crippen molar-refractivity contribution in [2.75, 3.05) is 18.9 Å². The number of thiophene rings is 1. The number of rotatable bonds is 6. The summed E-state index contributed by atoms with van der Waals surface area (Å²) >= 11 is 1.62. The molecule has 0 aliphatic rings. The molecule has 0 aliphatic carbocycles.